The second-order valence-electron chi connectivity index (χ2n) is 5.97. The second kappa shape index (κ2) is 3.65. The van der Waals surface area contributed by atoms with Crippen molar-refractivity contribution in [3.63, 3.8) is 0 Å². The van der Waals surface area contributed by atoms with E-state index in [0.717, 1.165) is 0 Å². The van der Waals surface area contributed by atoms with Crippen LogP contribution in [0.1, 0.15) is 27.7 Å². The lowest BCUT2D eigenvalue weighted by Crippen LogP contribution is -2.54. The third-order valence-corrected chi connectivity index (χ3v) is 3.54. The Morgan fingerprint density at radius 2 is 1.61 bits per heavy atom. The maximum atomic E-state index is 10.7. The van der Waals surface area contributed by atoms with Crippen LogP contribution in [0.5, 0.6) is 0 Å². The molecule has 3 aliphatic heterocycles. The van der Waals surface area contributed by atoms with Crippen LogP contribution in [0.4, 0.5) is 0 Å². The maximum Gasteiger partial charge on any atom is 0.224 e. The van der Waals surface area contributed by atoms with E-state index in [4.69, 9.17) is 23.7 Å². The largest absolute Gasteiger partial charge is 0.361 e. The van der Waals surface area contributed by atoms with Crippen molar-refractivity contribution >= 4 is 0 Å². The SMILES string of the molecule is CC1(C)OC[C@@H]([C@@]2(O)OC[C@H]3OC(C)(C)O[C@H]32)O1. The van der Waals surface area contributed by atoms with Crippen LogP contribution in [0.3, 0.4) is 0 Å². The normalized spacial score (nSPS) is 49.5. The van der Waals surface area contributed by atoms with Crippen molar-refractivity contribution in [2.24, 2.45) is 0 Å². The van der Waals surface area contributed by atoms with Gasteiger partial charge in [0.15, 0.2) is 11.6 Å². The molecule has 0 aromatic heterocycles. The molecule has 3 rings (SSSR count). The molecule has 0 aromatic carbocycles. The van der Waals surface area contributed by atoms with Gasteiger partial charge in [0.2, 0.25) is 5.79 Å². The molecule has 1 N–H and O–H groups in total. The number of fused-ring (bicyclic) bond motifs is 1. The molecule has 3 fully saturated rings. The van der Waals surface area contributed by atoms with Gasteiger partial charge in [0.05, 0.1) is 13.2 Å². The summed E-state index contributed by atoms with van der Waals surface area (Å²) in [6, 6.07) is 0. The van der Waals surface area contributed by atoms with Crippen molar-refractivity contribution in [1.29, 1.82) is 0 Å². The molecule has 6 nitrogen and oxygen atoms in total. The van der Waals surface area contributed by atoms with Gasteiger partial charge in [-0.1, -0.05) is 0 Å². The molecular weight excluding hydrogens is 240 g/mol. The van der Waals surface area contributed by atoms with E-state index in [1.807, 2.05) is 13.8 Å². The smallest absolute Gasteiger partial charge is 0.224 e. The highest BCUT2D eigenvalue weighted by molar-refractivity contribution is 5.02. The zero-order valence-electron chi connectivity index (χ0n) is 11.1. The molecule has 0 radical (unpaired) electrons. The summed E-state index contributed by atoms with van der Waals surface area (Å²) < 4.78 is 28.0. The molecule has 0 spiro atoms. The summed E-state index contributed by atoms with van der Waals surface area (Å²) in [6.07, 6.45) is -1.38. The predicted molar refractivity (Wildman–Crippen MR) is 59.6 cm³/mol. The summed E-state index contributed by atoms with van der Waals surface area (Å²) in [4.78, 5) is 0. The number of ether oxygens (including phenoxy) is 5. The van der Waals surface area contributed by atoms with Crippen LogP contribution in [0.2, 0.25) is 0 Å². The van der Waals surface area contributed by atoms with E-state index >= 15 is 0 Å². The lowest BCUT2D eigenvalue weighted by Gasteiger charge is -2.33. The van der Waals surface area contributed by atoms with Gasteiger partial charge in [0.1, 0.15) is 18.3 Å². The van der Waals surface area contributed by atoms with Crippen molar-refractivity contribution in [2.75, 3.05) is 13.2 Å². The van der Waals surface area contributed by atoms with Crippen molar-refractivity contribution in [2.45, 2.75) is 63.4 Å². The molecule has 3 heterocycles. The third-order valence-electron chi connectivity index (χ3n) is 3.54. The third kappa shape index (κ3) is 1.88. The van der Waals surface area contributed by atoms with Crippen molar-refractivity contribution in [3.05, 3.63) is 0 Å². The van der Waals surface area contributed by atoms with E-state index in [-0.39, 0.29) is 12.7 Å². The Morgan fingerprint density at radius 1 is 0.889 bits per heavy atom. The average molecular weight is 260 g/mol. The Kier molecular flexibility index (Phi) is 2.59. The monoisotopic (exact) mass is 260 g/mol. The minimum Gasteiger partial charge on any atom is -0.361 e. The van der Waals surface area contributed by atoms with Gasteiger partial charge < -0.3 is 28.8 Å². The zero-order valence-corrected chi connectivity index (χ0v) is 11.1. The van der Waals surface area contributed by atoms with Crippen LogP contribution in [-0.4, -0.2) is 54.0 Å². The van der Waals surface area contributed by atoms with Gasteiger partial charge >= 0.3 is 0 Å². The number of aliphatic hydroxyl groups is 1. The van der Waals surface area contributed by atoms with Gasteiger partial charge in [0.25, 0.3) is 0 Å². The molecule has 0 aliphatic carbocycles. The molecule has 0 amide bonds. The van der Waals surface area contributed by atoms with Crippen molar-refractivity contribution in [1.82, 2.24) is 0 Å². The lowest BCUT2D eigenvalue weighted by atomic mass is 10.0. The van der Waals surface area contributed by atoms with Crippen LogP contribution in [0.25, 0.3) is 0 Å². The molecule has 4 atom stereocenters. The van der Waals surface area contributed by atoms with Crippen molar-refractivity contribution < 1.29 is 28.8 Å². The fourth-order valence-electron chi connectivity index (χ4n) is 2.77. The molecule has 0 saturated carbocycles. The minimum atomic E-state index is -1.51. The summed E-state index contributed by atoms with van der Waals surface area (Å²) in [5, 5.41) is 10.7. The molecular formula is C12H20O6. The van der Waals surface area contributed by atoms with E-state index in [1.54, 1.807) is 13.8 Å². The summed E-state index contributed by atoms with van der Waals surface area (Å²) in [6.45, 7) is 7.82. The number of hydrogen-bond acceptors (Lipinski definition) is 6. The van der Waals surface area contributed by atoms with Crippen molar-refractivity contribution in [3.8, 4) is 0 Å². The van der Waals surface area contributed by atoms with Gasteiger partial charge in [-0.3, -0.25) is 0 Å². The van der Waals surface area contributed by atoms with E-state index < -0.39 is 29.6 Å². The first kappa shape index (κ1) is 12.8. The Labute approximate surface area is 106 Å². The molecule has 3 saturated heterocycles. The van der Waals surface area contributed by atoms with Crippen LogP contribution in [0, 0.1) is 0 Å². The van der Waals surface area contributed by atoms with Gasteiger partial charge in [0, 0.05) is 0 Å². The quantitative estimate of drug-likeness (QED) is 0.735. The van der Waals surface area contributed by atoms with Crippen LogP contribution in [-0.2, 0) is 23.7 Å². The highest BCUT2D eigenvalue weighted by Crippen LogP contribution is 2.44. The number of hydrogen-bond donors (Lipinski definition) is 1. The Bertz CT molecular complexity index is 354. The van der Waals surface area contributed by atoms with Gasteiger partial charge in [-0.25, -0.2) is 0 Å². The predicted octanol–water partition coefficient (Wildman–Crippen LogP) is 0.377. The maximum absolute atomic E-state index is 10.7. The van der Waals surface area contributed by atoms with E-state index in [9.17, 15) is 5.11 Å². The van der Waals surface area contributed by atoms with Gasteiger partial charge in [-0.2, -0.15) is 0 Å². The van der Waals surface area contributed by atoms with E-state index in [0.29, 0.717) is 6.61 Å². The molecule has 104 valence electrons. The number of rotatable bonds is 1. The minimum absolute atomic E-state index is 0.266. The first-order valence-corrected chi connectivity index (χ1v) is 6.26. The van der Waals surface area contributed by atoms with Crippen LogP contribution < -0.4 is 0 Å². The summed E-state index contributed by atoms with van der Waals surface area (Å²) >= 11 is 0. The molecule has 0 bridgehead atoms. The first-order chi connectivity index (χ1) is 8.22. The molecule has 6 heteroatoms. The fraction of sp³-hybridized carbons (Fsp3) is 1.00. The van der Waals surface area contributed by atoms with E-state index in [1.165, 1.54) is 0 Å². The topological polar surface area (TPSA) is 66.4 Å². The highest BCUT2D eigenvalue weighted by atomic mass is 16.8. The van der Waals surface area contributed by atoms with E-state index in [2.05, 4.69) is 0 Å². The lowest BCUT2D eigenvalue weighted by molar-refractivity contribution is -0.301. The molecule has 0 unspecified atom stereocenters. The average Bonchev–Trinajstić information content (AvgIpc) is 2.82. The Balaban J connectivity index is 1.80. The highest BCUT2D eigenvalue weighted by Gasteiger charge is 2.63. The Hall–Kier alpha value is -0.240. The van der Waals surface area contributed by atoms with Gasteiger partial charge in [-0.15, -0.1) is 0 Å². The first-order valence-electron chi connectivity index (χ1n) is 6.26. The Morgan fingerprint density at radius 3 is 2.22 bits per heavy atom. The summed E-state index contributed by atoms with van der Waals surface area (Å²) in [5.41, 5.74) is 0. The van der Waals surface area contributed by atoms with Crippen LogP contribution >= 0.6 is 0 Å². The second-order valence-corrected chi connectivity index (χ2v) is 5.97. The zero-order chi connectivity index (χ0) is 13.2. The molecule has 0 aromatic rings. The molecule has 3 aliphatic rings. The summed E-state index contributed by atoms with van der Waals surface area (Å²) in [7, 11) is 0. The fourth-order valence-corrected chi connectivity index (χ4v) is 2.77. The van der Waals surface area contributed by atoms with Crippen LogP contribution in [0.15, 0.2) is 0 Å². The molecule has 18 heavy (non-hydrogen) atoms. The standard InChI is InChI=1S/C12H20O6/c1-10(2)14-6-8(17-10)12(13)9-7(5-15-12)16-11(3,4)18-9/h7-9,13H,5-6H2,1-4H3/t7-,8+,9-,12-/m1/s1. The van der Waals surface area contributed by atoms with Gasteiger partial charge in [-0.05, 0) is 27.7 Å². The summed E-state index contributed by atoms with van der Waals surface area (Å²) in [5.74, 6) is -2.93.